The monoisotopic (exact) mass is 287 g/mol. The molecule has 1 aliphatic carbocycles. The number of halogens is 2. The minimum absolute atomic E-state index is 0.442. The van der Waals surface area contributed by atoms with Crippen LogP contribution in [0.1, 0.15) is 19.3 Å². The Kier molecular flexibility index (Phi) is 3.59. The maximum atomic E-state index is 5.88. The van der Waals surface area contributed by atoms with Gasteiger partial charge in [0, 0.05) is 6.04 Å². The van der Waals surface area contributed by atoms with Gasteiger partial charge in [-0.2, -0.15) is 0 Å². The summed E-state index contributed by atoms with van der Waals surface area (Å²) in [4.78, 5) is 8.04. The number of nitrogens with one attached hydrogen (secondary N) is 1. The first-order chi connectivity index (χ1) is 7.27. The normalized spacial score (nSPS) is 20.3. The fourth-order valence-corrected chi connectivity index (χ4v) is 2.02. The van der Waals surface area contributed by atoms with E-state index >= 15 is 0 Å². The van der Waals surface area contributed by atoms with Crippen LogP contribution in [0.2, 0.25) is 5.15 Å². The minimum atomic E-state index is 0.442. The molecule has 1 aromatic rings. The molecule has 0 saturated carbocycles. The lowest BCUT2D eigenvalue weighted by molar-refractivity contribution is 0.641. The van der Waals surface area contributed by atoms with Gasteiger partial charge in [-0.05, 0) is 35.2 Å². The highest BCUT2D eigenvalue weighted by molar-refractivity contribution is 9.10. The second kappa shape index (κ2) is 4.94. The SMILES string of the molecule is Clc1ncnc(NC2CC=CCC2)c1Br. The van der Waals surface area contributed by atoms with Gasteiger partial charge in [-0.15, -0.1) is 0 Å². The van der Waals surface area contributed by atoms with Crippen LogP contribution in [-0.2, 0) is 0 Å². The molecular formula is C10H11BrClN3. The molecule has 80 valence electrons. The number of hydrogen-bond donors (Lipinski definition) is 1. The van der Waals surface area contributed by atoms with Gasteiger partial charge in [0.2, 0.25) is 0 Å². The highest BCUT2D eigenvalue weighted by Gasteiger charge is 2.13. The summed E-state index contributed by atoms with van der Waals surface area (Å²) in [6.45, 7) is 0. The van der Waals surface area contributed by atoms with Gasteiger partial charge in [0.25, 0.3) is 0 Å². The average molecular weight is 289 g/mol. The van der Waals surface area contributed by atoms with Gasteiger partial charge < -0.3 is 5.32 Å². The summed E-state index contributed by atoms with van der Waals surface area (Å²) in [5.74, 6) is 0.773. The average Bonchev–Trinajstić information content (AvgIpc) is 2.26. The fraction of sp³-hybridized carbons (Fsp3) is 0.400. The lowest BCUT2D eigenvalue weighted by Gasteiger charge is -2.20. The van der Waals surface area contributed by atoms with E-state index in [0.717, 1.165) is 29.6 Å². The van der Waals surface area contributed by atoms with Crippen molar-refractivity contribution in [3.63, 3.8) is 0 Å². The molecule has 0 fully saturated rings. The van der Waals surface area contributed by atoms with E-state index in [0.29, 0.717) is 11.2 Å². The molecule has 1 atom stereocenters. The smallest absolute Gasteiger partial charge is 0.148 e. The summed E-state index contributed by atoms with van der Waals surface area (Å²) in [5.41, 5.74) is 0. The van der Waals surface area contributed by atoms with E-state index in [1.165, 1.54) is 6.33 Å². The van der Waals surface area contributed by atoms with Crippen molar-refractivity contribution in [3.05, 3.63) is 28.1 Å². The van der Waals surface area contributed by atoms with Gasteiger partial charge in [0.15, 0.2) is 0 Å². The predicted octanol–water partition coefficient (Wildman–Crippen LogP) is 3.41. The Balaban J connectivity index is 2.10. The van der Waals surface area contributed by atoms with Gasteiger partial charge in [0.1, 0.15) is 17.3 Å². The zero-order chi connectivity index (χ0) is 10.7. The van der Waals surface area contributed by atoms with E-state index in [9.17, 15) is 0 Å². The molecule has 3 nitrogen and oxygen atoms in total. The van der Waals surface area contributed by atoms with Crippen LogP contribution in [0.15, 0.2) is 23.0 Å². The Labute approximate surface area is 102 Å². The molecule has 1 N–H and O–H groups in total. The van der Waals surface area contributed by atoms with Crippen molar-refractivity contribution in [2.75, 3.05) is 5.32 Å². The highest BCUT2D eigenvalue weighted by atomic mass is 79.9. The maximum absolute atomic E-state index is 5.88. The van der Waals surface area contributed by atoms with E-state index in [1.807, 2.05) is 0 Å². The molecule has 15 heavy (non-hydrogen) atoms. The molecule has 1 heterocycles. The molecule has 1 unspecified atom stereocenters. The van der Waals surface area contributed by atoms with Gasteiger partial charge in [-0.25, -0.2) is 9.97 Å². The van der Waals surface area contributed by atoms with Crippen molar-refractivity contribution in [2.45, 2.75) is 25.3 Å². The van der Waals surface area contributed by atoms with E-state index in [-0.39, 0.29) is 0 Å². The third-order valence-corrected chi connectivity index (χ3v) is 3.62. The molecule has 0 bridgehead atoms. The van der Waals surface area contributed by atoms with Crippen LogP contribution in [0.5, 0.6) is 0 Å². The van der Waals surface area contributed by atoms with Gasteiger partial charge in [-0.3, -0.25) is 0 Å². The second-order valence-electron chi connectivity index (χ2n) is 3.45. The first-order valence-corrected chi connectivity index (χ1v) is 6.02. The molecule has 0 amide bonds. The molecule has 2 rings (SSSR count). The summed E-state index contributed by atoms with van der Waals surface area (Å²) in [6, 6.07) is 0.442. The van der Waals surface area contributed by atoms with Crippen LogP contribution in [-0.4, -0.2) is 16.0 Å². The Morgan fingerprint density at radius 1 is 1.40 bits per heavy atom. The molecule has 1 aliphatic rings. The van der Waals surface area contributed by atoms with E-state index in [4.69, 9.17) is 11.6 Å². The van der Waals surface area contributed by atoms with Crippen LogP contribution in [0, 0.1) is 0 Å². The molecule has 0 aliphatic heterocycles. The van der Waals surface area contributed by atoms with Crippen LogP contribution in [0.3, 0.4) is 0 Å². The Bertz CT molecular complexity index is 381. The first kappa shape index (κ1) is 10.9. The predicted molar refractivity (Wildman–Crippen MR) is 65.1 cm³/mol. The van der Waals surface area contributed by atoms with Crippen LogP contribution < -0.4 is 5.32 Å². The Morgan fingerprint density at radius 3 is 3.00 bits per heavy atom. The molecule has 0 saturated heterocycles. The minimum Gasteiger partial charge on any atom is -0.366 e. The fourth-order valence-electron chi connectivity index (χ4n) is 1.57. The maximum Gasteiger partial charge on any atom is 0.148 e. The number of aromatic nitrogens is 2. The quantitative estimate of drug-likeness (QED) is 0.669. The highest BCUT2D eigenvalue weighted by Crippen LogP contribution is 2.27. The van der Waals surface area contributed by atoms with E-state index < -0.39 is 0 Å². The number of nitrogens with zero attached hydrogens (tertiary/aromatic N) is 2. The summed E-state index contributed by atoms with van der Waals surface area (Å²) >= 11 is 9.25. The first-order valence-electron chi connectivity index (χ1n) is 4.85. The molecular weight excluding hydrogens is 277 g/mol. The van der Waals surface area contributed by atoms with E-state index in [2.05, 4.69) is 43.4 Å². The Hall–Kier alpha value is -0.610. The molecule has 5 heteroatoms. The van der Waals surface area contributed by atoms with Crippen molar-refractivity contribution in [3.8, 4) is 0 Å². The standard InChI is InChI=1S/C10H11BrClN3/c11-8-9(12)13-6-14-10(8)15-7-4-2-1-3-5-7/h1-2,6-7H,3-5H2,(H,13,14,15). The van der Waals surface area contributed by atoms with Crippen molar-refractivity contribution in [1.29, 1.82) is 0 Å². The van der Waals surface area contributed by atoms with Crippen LogP contribution >= 0.6 is 27.5 Å². The second-order valence-corrected chi connectivity index (χ2v) is 4.60. The Morgan fingerprint density at radius 2 is 2.27 bits per heavy atom. The molecule has 0 aromatic carbocycles. The summed E-state index contributed by atoms with van der Waals surface area (Å²) in [7, 11) is 0. The van der Waals surface area contributed by atoms with Crippen molar-refractivity contribution in [2.24, 2.45) is 0 Å². The number of allylic oxidation sites excluding steroid dienone is 1. The third-order valence-electron chi connectivity index (χ3n) is 2.36. The number of hydrogen-bond acceptors (Lipinski definition) is 3. The van der Waals surface area contributed by atoms with E-state index in [1.54, 1.807) is 0 Å². The number of anilines is 1. The topological polar surface area (TPSA) is 37.8 Å². The summed E-state index contributed by atoms with van der Waals surface area (Å²) in [5, 5.41) is 3.80. The summed E-state index contributed by atoms with van der Waals surface area (Å²) in [6.07, 6.45) is 9.15. The zero-order valence-electron chi connectivity index (χ0n) is 8.08. The van der Waals surface area contributed by atoms with Gasteiger partial charge >= 0.3 is 0 Å². The lowest BCUT2D eigenvalue weighted by Crippen LogP contribution is -2.21. The zero-order valence-corrected chi connectivity index (χ0v) is 10.4. The van der Waals surface area contributed by atoms with Gasteiger partial charge in [-0.1, -0.05) is 23.8 Å². The number of rotatable bonds is 2. The molecule has 0 radical (unpaired) electrons. The molecule has 0 spiro atoms. The van der Waals surface area contributed by atoms with Crippen molar-refractivity contribution >= 4 is 33.3 Å². The van der Waals surface area contributed by atoms with Crippen LogP contribution in [0.4, 0.5) is 5.82 Å². The lowest BCUT2D eigenvalue weighted by atomic mass is 10.0. The molecule has 1 aromatic heterocycles. The summed E-state index contributed by atoms with van der Waals surface area (Å²) < 4.78 is 0.737. The van der Waals surface area contributed by atoms with Crippen LogP contribution in [0.25, 0.3) is 0 Å². The van der Waals surface area contributed by atoms with Crippen molar-refractivity contribution in [1.82, 2.24) is 9.97 Å². The third kappa shape index (κ3) is 2.69. The van der Waals surface area contributed by atoms with Crippen molar-refractivity contribution < 1.29 is 0 Å². The van der Waals surface area contributed by atoms with Gasteiger partial charge in [0.05, 0.1) is 4.47 Å². The largest absolute Gasteiger partial charge is 0.366 e.